The predicted octanol–water partition coefficient (Wildman–Crippen LogP) is 1.61. The number of hydrogen-bond acceptors (Lipinski definition) is 4. The number of nitrogens with one attached hydrogen (secondary N) is 1. The minimum absolute atomic E-state index is 0.0368. The molecule has 0 saturated carbocycles. The van der Waals surface area contributed by atoms with Crippen LogP contribution in [0.3, 0.4) is 0 Å². The lowest BCUT2D eigenvalue weighted by Crippen LogP contribution is -2.23. The van der Waals surface area contributed by atoms with Crippen LogP contribution >= 0.6 is 11.8 Å². The third-order valence-corrected chi connectivity index (χ3v) is 3.86. The van der Waals surface area contributed by atoms with Gasteiger partial charge >= 0.3 is 5.97 Å². The Balaban J connectivity index is 2.05. The van der Waals surface area contributed by atoms with Crippen molar-refractivity contribution in [1.82, 2.24) is 4.98 Å². The highest BCUT2D eigenvalue weighted by atomic mass is 32.2. The Labute approximate surface area is 103 Å². The molecule has 0 spiro atoms. The number of aromatic carboxylic acids is 1. The molecular weight excluding hydrogens is 240 g/mol. The summed E-state index contributed by atoms with van der Waals surface area (Å²) in [5, 5.41) is 11.4. The van der Waals surface area contributed by atoms with Gasteiger partial charge in [-0.3, -0.25) is 4.79 Å². The lowest BCUT2D eigenvalue weighted by molar-refractivity contribution is -0.115. The van der Waals surface area contributed by atoms with Gasteiger partial charge in [0.15, 0.2) is 0 Å². The maximum atomic E-state index is 11.8. The number of nitrogens with zero attached hydrogens (tertiary/aromatic N) is 1. The molecule has 1 aliphatic rings. The molecule has 0 aliphatic carbocycles. The smallest absolute Gasteiger partial charge is 0.335 e. The van der Waals surface area contributed by atoms with Gasteiger partial charge in [-0.15, -0.1) is 11.8 Å². The molecule has 6 heteroatoms. The quantitative estimate of drug-likeness (QED) is 0.854. The van der Waals surface area contributed by atoms with E-state index >= 15 is 0 Å². The molecular formula is C11H12N2O3S. The molecule has 5 nitrogen and oxygen atoms in total. The van der Waals surface area contributed by atoms with Crippen molar-refractivity contribution in [2.24, 2.45) is 0 Å². The number of carboxylic acid groups (broad SMARTS) is 1. The normalized spacial score (nSPS) is 18.9. The highest BCUT2D eigenvalue weighted by molar-refractivity contribution is 8.00. The summed E-state index contributed by atoms with van der Waals surface area (Å²) in [5.74, 6) is 0.170. The van der Waals surface area contributed by atoms with E-state index in [-0.39, 0.29) is 16.7 Å². The van der Waals surface area contributed by atoms with E-state index < -0.39 is 5.97 Å². The second kappa shape index (κ2) is 5.18. The summed E-state index contributed by atoms with van der Waals surface area (Å²) < 4.78 is 0. The molecule has 1 aromatic heterocycles. The molecule has 1 atom stereocenters. The summed E-state index contributed by atoms with van der Waals surface area (Å²) in [6.07, 6.45) is 3.29. The van der Waals surface area contributed by atoms with Crippen molar-refractivity contribution in [2.75, 3.05) is 11.1 Å². The van der Waals surface area contributed by atoms with Crippen molar-refractivity contribution < 1.29 is 14.7 Å². The zero-order valence-corrected chi connectivity index (χ0v) is 9.87. The molecule has 17 heavy (non-hydrogen) atoms. The van der Waals surface area contributed by atoms with Crippen LogP contribution in [0, 0.1) is 0 Å². The van der Waals surface area contributed by atoms with E-state index in [2.05, 4.69) is 10.3 Å². The number of rotatable bonds is 3. The Morgan fingerprint density at radius 2 is 2.35 bits per heavy atom. The van der Waals surface area contributed by atoms with Gasteiger partial charge in [0.25, 0.3) is 0 Å². The van der Waals surface area contributed by atoms with Gasteiger partial charge in [-0.25, -0.2) is 9.78 Å². The van der Waals surface area contributed by atoms with Crippen LogP contribution in [-0.2, 0) is 4.79 Å². The van der Waals surface area contributed by atoms with Gasteiger partial charge in [0.2, 0.25) is 5.91 Å². The Kier molecular flexibility index (Phi) is 3.63. The van der Waals surface area contributed by atoms with Crippen LogP contribution in [0.5, 0.6) is 0 Å². The van der Waals surface area contributed by atoms with Crippen LogP contribution in [0.2, 0.25) is 0 Å². The summed E-state index contributed by atoms with van der Waals surface area (Å²) in [6.45, 7) is 0. The van der Waals surface area contributed by atoms with E-state index in [0.717, 1.165) is 18.6 Å². The van der Waals surface area contributed by atoms with E-state index in [4.69, 9.17) is 5.11 Å². The first-order valence-electron chi connectivity index (χ1n) is 5.28. The average Bonchev–Trinajstić information content (AvgIpc) is 2.82. The molecule has 1 aromatic rings. The zero-order chi connectivity index (χ0) is 12.3. The van der Waals surface area contributed by atoms with Crippen LogP contribution in [0.25, 0.3) is 0 Å². The van der Waals surface area contributed by atoms with Crippen molar-refractivity contribution in [1.29, 1.82) is 0 Å². The van der Waals surface area contributed by atoms with Gasteiger partial charge < -0.3 is 10.4 Å². The van der Waals surface area contributed by atoms with Gasteiger partial charge in [-0.05, 0) is 30.7 Å². The number of amides is 1. The highest BCUT2D eigenvalue weighted by Crippen LogP contribution is 2.26. The van der Waals surface area contributed by atoms with Crippen molar-refractivity contribution in [3.8, 4) is 0 Å². The molecule has 1 unspecified atom stereocenters. The molecule has 2 heterocycles. The number of hydrogen-bond donors (Lipinski definition) is 2. The fourth-order valence-electron chi connectivity index (χ4n) is 1.62. The molecule has 0 radical (unpaired) electrons. The number of anilines is 1. The molecule has 1 amide bonds. The van der Waals surface area contributed by atoms with Crippen molar-refractivity contribution in [2.45, 2.75) is 18.1 Å². The van der Waals surface area contributed by atoms with Crippen molar-refractivity contribution in [3.63, 3.8) is 0 Å². The molecule has 2 rings (SSSR count). The molecule has 1 aliphatic heterocycles. The first kappa shape index (κ1) is 11.9. The van der Waals surface area contributed by atoms with E-state index in [1.807, 2.05) is 0 Å². The average molecular weight is 252 g/mol. The zero-order valence-electron chi connectivity index (χ0n) is 9.05. The van der Waals surface area contributed by atoms with Crippen LogP contribution in [0.1, 0.15) is 23.2 Å². The number of carbonyl (C=O) groups is 2. The fraction of sp³-hybridized carbons (Fsp3) is 0.364. The Morgan fingerprint density at radius 3 is 3.00 bits per heavy atom. The SMILES string of the molecule is O=C(O)c1ccnc(NC(=O)C2CCCS2)c1. The molecule has 1 fully saturated rings. The number of thioether (sulfide) groups is 1. The second-order valence-corrected chi connectivity index (χ2v) is 5.04. The summed E-state index contributed by atoms with van der Waals surface area (Å²) in [6, 6.07) is 2.75. The van der Waals surface area contributed by atoms with Gasteiger partial charge in [0.1, 0.15) is 5.82 Å². The summed E-state index contributed by atoms with van der Waals surface area (Å²) in [5.41, 5.74) is 0.120. The Morgan fingerprint density at radius 1 is 1.53 bits per heavy atom. The lowest BCUT2D eigenvalue weighted by atomic mass is 10.2. The van der Waals surface area contributed by atoms with Crippen LogP contribution < -0.4 is 5.32 Å². The first-order chi connectivity index (χ1) is 8.16. The number of carboxylic acids is 1. The third kappa shape index (κ3) is 2.97. The monoisotopic (exact) mass is 252 g/mol. The Bertz CT molecular complexity index is 444. The summed E-state index contributed by atoms with van der Waals surface area (Å²) in [4.78, 5) is 26.5. The standard InChI is InChI=1S/C11H12N2O3S/c14-10(8-2-1-5-17-8)13-9-6-7(11(15)16)3-4-12-9/h3-4,6,8H,1-2,5H2,(H,15,16)(H,12,13,14). The van der Waals surface area contributed by atoms with Crippen LogP contribution in [0.4, 0.5) is 5.82 Å². The van der Waals surface area contributed by atoms with Gasteiger partial charge in [-0.1, -0.05) is 0 Å². The van der Waals surface area contributed by atoms with E-state index in [1.54, 1.807) is 11.8 Å². The maximum absolute atomic E-state index is 11.8. The topological polar surface area (TPSA) is 79.3 Å². The largest absolute Gasteiger partial charge is 0.478 e. The van der Waals surface area contributed by atoms with Crippen molar-refractivity contribution in [3.05, 3.63) is 23.9 Å². The van der Waals surface area contributed by atoms with Gasteiger partial charge in [-0.2, -0.15) is 0 Å². The van der Waals surface area contributed by atoms with E-state index in [0.29, 0.717) is 5.82 Å². The predicted molar refractivity (Wildman–Crippen MR) is 65.3 cm³/mol. The maximum Gasteiger partial charge on any atom is 0.335 e. The van der Waals surface area contributed by atoms with Gasteiger partial charge in [0, 0.05) is 6.20 Å². The van der Waals surface area contributed by atoms with Crippen molar-refractivity contribution >= 4 is 29.5 Å². The van der Waals surface area contributed by atoms with Crippen LogP contribution in [-0.4, -0.2) is 33.0 Å². The number of carbonyl (C=O) groups excluding carboxylic acids is 1. The molecule has 2 N–H and O–H groups in total. The molecule has 0 aromatic carbocycles. The summed E-state index contributed by atoms with van der Waals surface area (Å²) >= 11 is 1.62. The molecule has 90 valence electrons. The number of pyridine rings is 1. The lowest BCUT2D eigenvalue weighted by Gasteiger charge is -2.09. The van der Waals surface area contributed by atoms with E-state index in [1.165, 1.54) is 18.3 Å². The van der Waals surface area contributed by atoms with E-state index in [9.17, 15) is 9.59 Å². The van der Waals surface area contributed by atoms with Gasteiger partial charge in [0.05, 0.1) is 10.8 Å². The molecule has 0 bridgehead atoms. The van der Waals surface area contributed by atoms with Crippen LogP contribution in [0.15, 0.2) is 18.3 Å². The Hall–Kier alpha value is -1.56. The fourth-order valence-corrected chi connectivity index (χ4v) is 2.78. The minimum atomic E-state index is -1.03. The minimum Gasteiger partial charge on any atom is -0.478 e. The first-order valence-corrected chi connectivity index (χ1v) is 6.33. The molecule has 1 saturated heterocycles. The highest BCUT2D eigenvalue weighted by Gasteiger charge is 2.23. The third-order valence-electron chi connectivity index (χ3n) is 2.48. The second-order valence-electron chi connectivity index (χ2n) is 3.73. The number of aromatic nitrogens is 1. The summed E-state index contributed by atoms with van der Waals surface area (Å²) in [7, 11) is 0.